The number of ether oxygens (including phenoxy) is 1. The summed E-state index contributed by atoms with van der Waals surface area (Å²) in [4.78, 5) is 28.7. The van der Waals surface area contributed by atoms with Crippen molar-refractivity contribution in [1.82, 2.24) is 14.9 Å². The van der Waals surface area contributed by atoms with Crippen LogP contribution in [0, 0.1) is 5.92 Å². The fourth-order valence-electron chi connectivity index (χ4n) is 3.14. The lowest BCUT2D eigenvalue weighted by Crippen LogP contribution is -2.39. The van der Waals surface area contributed by atoms with E-state index < -0.39 is 24.0 Å². The van der Waals surface area contributed by atoms with Crippen LogP contribution in [0.4, 0.5) is 0 Å². The predicted molar refractivity (Wildman–Crippen MR) is 89.7 cm³/mol. The topological polar surface area (TPSA) is 93.5 Å². The first-order valence-electron chi connectivity index (χ1n) is 8.32. The second-order valence-electron chi connectivity index (χ2n) is 5.95. The molecule has 3 atom stereocenters. The van der Waals surface area contributed by atoms with E-state index in [9.17, 15) is 14.7 Å². The fraction of sp³-hybridized carbons (Fsp3) is 0.389. The lowest BCUT2D eigenvalue weighted by Gasteiger charge is -2.21. The Balaban J connectivity index is 1.78. The van der Waals surface area contributed by atoms with Gasteiger partial charge in [-0.1, -0.05) is 30.3 Å². The van der Waals surface area contributed by atoms with Gasteiger partial charge < -0.3 is 19.7 Å². The number of aliphatic carboxylic acids is 1. The molecule has 1 aromatic heterocycles. The molecule has 2 aromatic rings. The van der Waals surface area contributed by atoms with Crippen molar-refractivity contribution in [2.75, 3.05) is 6.61 Å². The standard InChI is InChI=1S/C18H21N3O4/c1-2-21-10-9-19-16(21)15-13(8-11-25-15)17(22)20-14(18(23)24)12-6-4-3-5-7-12/h3-7,9-10,13-15H,2,8,11H2,1H3,(H,20,22)(H,23,24)/t13-,14-,15-/m1/s1. The van der Waals surface area contributed by atoms with Crippen molar-refractivity contribution in [3.8, 4) is 0 Å². The average molecular weight is 343 g/mol. The molecule has 2 N–H and O–H groups in total. The van der Waals surface area contributed by atoms with Crippen molar-refractivity contribution in [2.24, 2.45) is 5.92 Å². The third-order valence-corrected chi connectivity index (χ3v) is 4.44. The van der Waals surface area contributed by atoms with Crippen LogP contribution in [0.25, 0.3) is 0 Å². The zero-order chi connectivity index (χ0) is 17.8. The van der Waals surface area contributed by atoms with Crippen LogP contribution in [0.15, 0.2) is 42.7 Å². The number of carbonyl (C=O) groups is 2. The van der Waals surface area contributed by atoms with Gasteiger partial charge in [-0.25, -0.2) is 9.78 Å². The number of nitrogens with zero attached hydrogens (tertiary/aromatic N) is 2. The maximum Gasteiger partial charge on any atom is 0.330 e. The Bertz CT molecular complexity index is 744. The van der Waals surface area contributed by atoms with Gasteiger partial charge in [-0.15, -0.1) is 0 Å². The zero-order valence-corrected chi connectivity index (χ0v) is 14.0. The third kappa shape index (κ3) is 3.56. The summed E-state index contributed by atoms with van der Waals surface area (Å²) in [5.41, 5.74) is 0.536. The molecule has 1 amide bonds. The molecule has 0 spiro atoms. The smallest absolute Gasteiger partial charge is 0.330 e. The van der Waals surface area contributed by atoms with Crippen LogP contribution in [0.3, 0.4) is 0 Å². The monoisotopic (exact) mass is 343 g/mol. The van der Waals surface area contributed by atoms with Crippen LogP contribution in [-0.4, -0.2) is 33.1 Å². The van der Waals surface area contributed by atoms with E-state index in [1.807, 2.05) is 17.7 Å². The van der Waals surface area contributed by atoms with Gasteiger partial charge in [0, 0.05) is 25.5 Å². The number of amides is 1. The van der Waals surface area contributed by atoms with Crippen LogP contribution < -0.4 is 5.32 Å². The molecular weight excluding hydrogens is 322 g/mol. The van der Waals surface area contributed by atoms with Crippen LogP contribution in [-0.2, 0) is 20.9 Å². The molecule has 7 heteroatoms. The van der Waals surface area contributed by atoms with Gasteiger partial charge in [0.15, 0.2) is 6.04 Å². The molecular formula is C18H21N3O4. The number of carboxylic acids is 1. The van der Waals surface area contributed by atoms with E-state index in [0.717, 1.165) is 6.54 Å². The SMILES string of the molecule is CCn1ccnc1[C@@H]1OCC[C@H]1C(=O)N[C@@H](C(=O)O)c1ccccc1. The largest absolute Gasteiger partial charge is 0.479 e. The summed E-state index contributed by atoms with van der Waals surface area (Å²) in [7, 11) is 0. The first-order valence-corrected chi connectivity index (χ1v) is 8.32. The van der Waals surface area contributed by atoms with Gasteiger partial charge >= 0.3 is 5.97 Å². The summed E-state index contributed by atoms with van der Waals surface area (Å²) < 4.78 is 7.66. The van der Waals surface area contributed by atoms with E-state index in [1.165, 1.54) is 0 Å². The number of hydrogen-bond acceptors (Lipinski definition) is 4. The number of nitrogens with one attached hydrogen (secondary N) is 1. The highest BCUT2D eigenvalue weighted by Gasteiger charge is 2.39. The van der Waals surface area contributed by atoms with Gasteiger partial charge in [0.2, 0.25) is 5.91 Å². The van der Waals surface area contributed by atoms with Crippen molar-refractivity contribution >= 4 is 11.9 Å². The van der Waals surface area contributed by atoms with Crippen molar-refractivity contribution in [2.45, 2.75) is 32.0 Å². The summed E-state index contributed by atoms with van der Waals surface area (Å²) in [6.45, 7) is 3.17. The van der Waals surface area contributed by atoms with E-state index in [1.54, 1.807) is 36.5 Å². The minimum absolute atomic E-state index is 0.329. The molecule has 132 valence electrons. The number of carbonyl (C=O) groups excluding carboxylic acids is 1. The molecule has 7 nitrogen and oxygen atoms in total. The molecule has 1 aliphatic heterocycles. The minimum Gasteiger partial charge on any atom is -0.479 e. The van der Waals surface area contributed by atoms with Gasteiger partial charge in [0.1, 0.15) is 11.9 Å². The molecule has 1 saturated heterocycles. The molecule has 1 fully saturated rings. The molecule has 0 radical (unpaired) electrons. The van der Waals surface area contributed by atoms with E-state index in [4.69, 9.17) is 4.74 Å². The van der Waals surface area contributed by atoms with Gasteiger partial charge in [-0.3, -0.25) is 4.79 Å². The Morgan fingerprint density at radius 1 is 1.40 bits per heavy atom. The quantitative estimate of drug-likeness (QED) is 0.836. The first-order chi connectivity index (χ1) is 12.1. The number of aromatic nitrogens is 2. The third-order valence-electron chi connectivity index (χ3n) is 4.44. The van der Waals surface area contributed by atoms with Crippen molar-refractivity contribution in [3.63, 3.8) is 0 Å². The number of imidazole rings is 1. The Labute approximate surface area is 145 Å². The molecule has 0 unspecified atom stereocenters. The average Bonchev–Trinajstić information content (AvgIpc) is 3.28. The minimum atomic E-state index is -1.09. The summed E-state index contributed by atoms with van der Waals surface area (Å²) in [5, 5.41) is 12.1. The highest BCUT2D eigenvalue weighted by molar-refractivity contribution is 5.86. The fourth-order valence-corrected chi connectivity index (χ4v) is 3.14. The summed E-state index contributed by atoms with van der Waals surface area (Å²) in [5.74, 6) is -1.18. The molecule has 0 aliphatic carbocycles. The first kappa shape index (κ1) is 17.2. The lowest BCUT2D eigenvalue weighted by molar-refractivity contribution is -0.143. The van der Waals surface area contributed by atoms with E-state index in [2.05, 4.69) is 10.3 Å². The normalized spacial score (nSPS) is 21.0. The Hall–Kier alpha value is -2.67. The molecule has 1 aromatic carbocycles. The second-order valence-corrected chi connectivity index (χ2v) is 5.95. The molecule has 2 heterocycles. The van der Waals surface area contributed by atoms with E-state index in [-0.39, 0.29) is 5.91 Å². The molecule has 3 rings (SSSR count). The maximum atomic E-state index is 12.7. The second kappa shape index (κ2) is 7.48. The number of aryl methyl sites for hydroxylation is 1. The van der Waals surface area contributed by atoms with Crippen LogP contribution in [0.2, 0.25) is 0 Å². The molecule has 0 bridgehead atoms. The lowest BCUT2D eigenvalue weighted by atomic mass is 9.98. The van der Waals surface area contributed by atoms with Gasteiger partial charge in [0.05, 0.1) is 5.92 Å². The van der Waals surface area contributed by atoms with Crippen molar-refractivity contribution in [1.29, 1.82) is 0 Å². The van der Waals surface area contributed by atoms with Gasteiger partial charge in [0.25, 0.3) is 0 Å². The summed E-state index contributed by atoms with van der Waals surface area (Å²) >= 11 is 0. The van der Waals surface area contributed by atoms with E-state index >= 15 is 0 Å². The highest BCUT2D eigenvalue weighted by atomic mass is 16.5. The number of benzene rings is 1. The predicted octanol–water partition coefficient (Wildman–Crippen LogP) is 1.92. The number of carboxylic acid groups (broad SMARTS) is 1. The van der Waals surface area contributed by atoms with Crippen molar-refractivity contribution in [3.05, 3.63) is 54.1 Å². The maximum absolute atomic E-state index is 12.7. The van der Waals surface area contributed by atoms with Crippen LogP contribution >= 0.6 is 0 Å². The van der Waals surface area contributed by atoms with E-state index in [0.29, 0.717) is 24.4 Å². The van der Waals surface area contributed by atoms with Crippen LogP contribution in [0.1, 0.15) is 36.9 Å². The Kier molecular flexibility index (Phi) is 5.14. The zero-order valence-electron chi connectivity index (χ0n) is 14.0. The highest BCUT2D eigenvalue weighted by Crippen LogP contribution is 2.34. The Morgan fingerprint density at radius 2 is 2.16 bits per heavy atom. The number of rotatable bonds is 6. The van der Waals surface area contributed by atoms with Gasteiger partial charge in [-0.2, -0.15) is 0 Å². The molecule has 25 heavy (non-hydrogen) atoms. The molecule has 0 saturated carbocycles. The van der Waals surface area contributed by atoms with Crippen molar-refractivity contribution < 1.29 is 19.4 Å². The van der Waals surface area contributed by atoms with Gasteiger partial charge in [-0.05, 0) is 18.9 Å². The molecule has 1 aliphatic rings. The summed E-state index contributed by atoms with van der Waals surface area (Å²) in [6, 6.07) is 7.58. The summed E-state index contributed by atoms with van der Waals surface area (Å²) in [6.07, 6.45) is 3.60. The van der Waals surface area contributed by atoms with Crippen LogP contribution in [0.5, 0.6) is 0 Å². The Morgan fingerprint density at radius 3 is 2.84 bits per heavy atom. The number of hydrogen-bond donors (Lipinski definition) is 2.